The Morgan fingerprint density at radius 2 is 1.75 bits per heavy atom. The molecule has 0 radical (unpaired) electrons. The normalized spacial score (nSPS) is 10.4. The number of nitrogens with zero attached hydrogens (tertiary/aromatic N) is 2. The average molecular weight is 384 g/mol. The molecule has 7 nitrogen and oxygen atoms in total. The van der Waals surface area contributed by atoms with Gasteiger partial charge in [-0.2, -0.15) is 0 Å². The third kappa shape index (κ3) is 4.73. The molecule has 0 N–H and O–H groups in total. The molecule has 0 atom stereocenters. The molecule has 0 saturated heterocycles. The molecule has 0 unspecified atom stereocenters. The lowest BCUT2D eigenvalue weighted by Gasteiger charge is -2.21. The summed E-state index contributed by atoms with van der Waals surface area (Å²) in [5.41, 5.74) is 2.56. The summed E-state index contributed by atoms with van der Waals surface area (Å²) < 4.78 is 4.93. The zero-order valence-corrected chi connectivity index (χ0v) is 16.5. The largest absolute Gasteiger partial charge is 0.461 e. The highest BCUT2D eigenvalue weighted by atomic mass is 16.6. The highest BCUT2D eigenvalue weighted by molar-refractivity contribution is 6.02. The van der Waals surface area contributed by atoms with Crippen LogP contribution in [-0.4, -0.2) is 34.8 Å². The van der Waals surface area contributed by atoms with Crippen molar-refractivity contribution in [1.82, 2.24) is 4.90 Å². The summed E-state index contributed by atoms with van der Waals surface area (Å²) in [5.74, 6) is -0.629. The van der Waals surface area contributed by atoms with Crippen molar-refractivity contribution in [1.29, 1.82) is 0 Å². The van der Waals surface area contributed by atoms with Crippen LogP contribution in [0.4, 0.5) is 5.69 Å². The molecule has 0 aliphatic heterocycles. The Morgan fingerprint density at radius 3 is 2.32 bits per heavy atom. The minimum Gasteiger partial charge on any atom is -0.461 e. The van der Waals surface area contributed by atoms with Gasteiger partial charge in [0, 0.05) is 37.2 Å². The number of benzene rings is 2. The van der Waals surface area contributed by atoms with E-state index >= 15 is 0 Å². The van der Waals surface area contributed by atoms with Gasteiger partial charge in [-0.15, -0.1) is 0 Å². The van der Waals surface area contributed by atoms with Crippen LogP contribution in [0.1, 0.15) is 42.3 Å². The van der Waals surface area contributed by atoms with E-state index in [0.29, 0.717) is 35.3 Å². The molecule has 0 bridgehead atoms. The molecular formula is C21H24N2O5. The molecule has 28 heavy (non-hydrogen) atoms. The van der Waals surface area contributed by atoms with Crippen LogP contribution in [0.5, 0.6) is 0 Å². The molecule has 2 aromatic rings. The van der Waals surface area contributed by atoms with Crippen LogP contribution in [0.2, 0.25) is 0 Å². The first kappa shape index (κ1) is 21.1. The van der Waals surface area contributed by atoms with E-state index in [0.717, 1.165) is 5.56 Å². The molecule has 0 aromatic heterocycles. The third-order valence-electron chi connectivity index (χ3n) is 4.45. The number of aryl methyl sites for hydroxylation is 1. The van der Waals surface area contributed by atoms with Gasteiger partial charge in [0.15, 0.2) is 0 Å². The van der Waals surface area contributed by atoms with E-state index in [2.05, 4.69) is 0 Å². The van der Waals surface area contributed by atoms with Crippen LogP contribution in [0.3, 0.4) is 0 Å². The molecule has 1 amide bonds. The zero-order valence-electron chi connectivity index (χ0n) is 16.5. The van der Waals surface area contributed by atoms with Crippen molar-refractivity contribution in [2.45, 2.75) is 34.3 Å². The molecule has 2 aromatic carbocycles. The number of ether oxygens (including phenoxy) is 1. The summed E-state index contributed by atoms with van der Waals surface area (Å²) >= 11 is 0. The molecule has 0 spiro atoms. The van der Waals surface area contributed by atoms with E-state index in [1.54, 1.807) is 29.2 Å². The van der Waals surface area contributed by atoms with Gasteiger partial charge in [-0.3, -0.25) is 19.7 Å². The van der Waals surface area contributed by atoms with E-state index < -0.39 is 10.9 Å². The van der Waals surface area contributed by atoms with Gasteiger partial charge < -0.3 is 9.64 Å². The number of rotatable bonds is 7. The van der Waals surface area contributed by atoms with Gasteiger partial charge in [-0.25, -0.2) is 0 Å². The Balaban J connectivity index is 2.60. The zero-order chi connectivity index (χ0) is 20.8. The molecule has 0 aliphatic carbocycles. The molecular weight excluding hydrogens is 360 g/mol. The molecule has 7 heteroatoms. The number of hydrogen-bond donors (Lipinski definition) is 0. The quantitative estimate of drug-likeness (QED) is 0.407. The van der Waals surface area contributed by atoms with Crippen molar-refractivity contribution in [3.63, 3.8) is 0 Å². The van der Waals surface area contributed by atoms with E-state index in [-0.39, 0.29) is 18.2 Å². The van der Waals surface area contributed by atoms with E-state index in [1.165, 1.54) is 13.0 Å². The average Bonchev–Trinajstić information content (AvgIpc) is 2.66. The Morgan fingerprint density at radius 1 is 1.07 bits per heavy atom. The van der Waals surface area contributed by atoms with Gasteiger partial charge >= 0.3 is 5.97 Å². The van der Waals surface area contributed by atoms with Crippen LogP contribution in [0, 0.1) is 17.0 Å². The Labute approximate surface area is 164 Å². The number of nitro benzene ring substituents is 1. The lowest BCUT2D eigenvalue weighted by atomic mass is 9.94. The third-order valence-corrected chi connectivity index (χ3v) is 4.45. The van der Waals surface area contributed by atoms with Gasteiger partial charge in [-0.05, 0) is 38.5 Å². The summed E-state index contributed by atoms with van der Waals surface area (Å²) in [7, 11) is 0. The van der Waals surface area contributed by atoms with Crippen molar-refractivity contribution in [2.75, 3.05) is 13.1 Å². The highest BCUT2D eigenvalue weighted by Crippen LogP contribution is 2.34. The Bertz CT molecular complexity index is 904. The fraction of sp³-hybridized carbons (Fsp3) is 0.333. The number of hydrogen-bond acceptors (Lipinski definition) is 5. The number of esters is 1. The first-order valence-electron chi connectivity index (χ1n) is 9.09. The second kappa shape index (κ2) is 9.12. The SMILES string of the molecule is CCN(CC)C(=O)c1ccc(C)cc1-c1ccc(COC(C)=O)cc1[N+](=O)[O-]. The Kier molecular flexibility index (Phi) is 6.87. The van der Waals surface area contributed by atoms with E-state index in [9.17, 15) is 19.7 Å². The number of carbonyl (C=O) groups is 2. The fourth-order valence-electron chi connectivity index (χ4n) is 2.98. The van der Waals surface area contributed by atoms with Gasteiger partial charge in [-0.1, -0.05) is 23.8 Å². The minimum absolute atomic E-state index is 0.0461. The van der Waals surface area contributed by atoms with Gasteiger partial charge in [0.2, 0.25) is 0 Å². The van der Waals surface area contributed by atoms with Crippen molar-refractivity contribution in [2.24, 2.45) is 0 Å². The minimum atomic E-state index is -0.486. The summed E-state index contributed by atoms with van der Waals surface area (Å²) in [6.45, 7) is 7.98. The standard InChI is InChI=1S/C21H24N2O5/c1-5-22(6-2)21(25)18-9-7-14(3)11-19(18)17-10-8-16(13-28-15(4)24)12-20(17)23(26)27/h7-12H,5-6,13H2,1-4H3. The van der Waals surface area contributed by atoms with Crippen LogP contribution in [-0.2, 0) is 16.1 Å². The summed E-state index contributed by atoms with van der Waals surface area (Å²) in [6, 6.07) is 9.96. The molecule has 0 fully saturated rings. The number of amides is 1. The second-order valence-corrected chi connectivity index (χ2v) is 6.42. The van der Waals surface area contributed by atoms with Crippen LogP contribution in [0.25, 0.3) is 11.1 Å². The monoisotopic (exact) mass is 384 g/mol. The summed E-state index contributed by atoms with van der Waals surface area (Å²) in [5, 5.41) is 11.7. The first-order valence-corrected chi connectivity index (χ1v) is 9.09. The van der Waals surface area contributed by atoms with Crippen molar-refractivity contribution < 1.29 is 19.2 Å². The van der Waals surface area contributed by atoms with Crippen LogP contribution in [0.15, 0.2) is 36.4 Å². The first-order chi connectivity index (χ1) is 13.3. The van der Waals surface area contributed by atoms with Crippen LogP contribution >= 0.6 is 0 Å². The lowest BCUT2D eigenvalue weighted by Crippen LogP contribution is -2.30. The summed E-state index contributed by atoms with van der Waals surface area (Å²) in [4.78, 5) is 36.8. The molecule has 0 saturated carbocycles. The topological polar surface area (TPSA) is 89.8 Å². The van der Waals surface area contributed by atoms with Gasteiger partial charge in [0.05, 0.1) is 10.5 Å². The highest BCUT2D eigenvalue weighted by Gasteiger charge is 2.23. The van der Waals surface area contributed by atoms with Gasteiger partial charge in [0.1, 0.15) is 6.61 Å². The lowest BCUT2D eigenvalue weighted by molar-refractivity contribution is -0.384. The fourth-order valence-corrected chi connectivity index (χ4v) is 2.98. The number of carbonyl (C=O) groups excluding carboxylic acids is 2. The predicted molar refractivity (Wildman–Crippen MR) is 106 cm³/mol. The smallest absolute Gasteiger partial charge is 0.302 e. The molecule has 0 aliphatic rings. The second-order valence-electron chi connectivity index (χ2n) is 6.42. The Hall–Kier alpha value is -3.22. The van der Waals surface area contributed by atoms with Gasteiger partial charge in [0.25, 0.3) is 11.6 Å². The van der Waals surface area contributed by atoms with Crippen LogP contribution < -0.4 is 0 Å². The maximum Gasteiger partial charge on any atom is 0.302 e. The maximum absolute atomic E-state index is 12.9. The molecule has 0 heterocycles. The van der Waals surface area contributed by atoms with E-state index in [4.69, 9.17) is 4.74 Å². The van der Waals surface area contributed by atoms with Crippen molar-refractivity contribution >= 4 is 17.6 Å². The maximum atomic E-state index is 12.9. The molecule has 148 valence electrons. The van der Waals surface area contributed by atoms with Crippen molar-refractivity contribution in [3.05, 3.63) is 63.2 Å². The molecule has 2 rings (SSSR count). The summed E-state index contributed by atoms with van der Waals surface area (Å²) in [6.07, 6.45) is 0. The predicted octanol–water partition coefficient (Wildman–Crippen LogP) is 4.12. The van der Waals surface area contributed by atoms with Crippen molar-refractivity contribution in [3.8, 4) is 11.1 Å². The van der Waals surface area contributed by atoms with E-state index in [1.807, 2.05) is 26.8 Å². The number of nitro groups is 1.